The van der Waals surface area contributed by atoms with Crippen molar-refractivity contribution in [3.63, 3.8) is 0 Å². The number of methoxy groups -OCH3 is 2. The second-order valence-electron chi connectivity index (χ2n) is 4.35. The molecule has 108 valence electrons. The zero-order valence-corrected chi connectivity index (χ0v) is 12.4. The summed E-state index contributed by atoms with van der Waals surface area (Å²) >= 11 is 6.14. The second kappa shape index (κ2) is 6.38. The quantitative estimate of drug-likeness (QED) is 0.938. The molecule has 0 bridgehead atoms. The highest BCUT2D eigenvalue weighted by molar-refractivity contribution is 6.33. The third-order valence-corrected chi connectivity index (χ3v) is 3.65. The number of phenols is 1. The van der Waals surface area contributed by atoms with Crippen LogP contribution in [-0.4, -0.2) is 19.3 Å². The van der Waals surface area contributed by atoms with Crippen molar-refractivity contribution in [2.75, 3.05) is 14.2 Å². The van der Waals surface area contributed by atoms with Crippen molar-refractivity contribution in [1.29, 1.82) is 5.26 Å². The predicted molar refractivity (Wildman–Crippen MR) is 80.2 cm³/mol. The standard InChI is InChI=1S/C16H14ClNO3/c1-20-14-4-3-5-15(21-2)12(14)8-11-10(9-18)6-7-13(19)16(11)17/h3-7,19H,8H2,1-2H3. The van der Waals surface area contributed by atoms with E-state index in [-0.39, 0.29) is 10.8 Å². The van der Waals surface area contributed by atoms with E-state index in [2.05, 4.69) is 6.07 Å². The van der Waals surface area contributed by atoms with Gasteiger partial charge in [-0.25, -0.2) is 0 Å². The lowest BCUT2D eigenvalue weighted by atomic mass is 9.98. The molecule has 1 N–H and O–H groups in total. The lowest BCUT2D eigenvalue weighted by molar-refractivity contribution is 0.387. The van der Waals surface area contributed by atoms with Gasteiger partial charge < -0.3 is 14.6 Å². The number of nitrogens with zero attached hydrogens (tertiary/aromatic N) is 1. The van der Waals surface area contributed by atoms with Gasteiger partial charge in [-0.3, -0.25) is 0 Å². The average Bonchev–Trinajstić information content (AvgIpc) is 2.52. The molecule has 0 unspecified atom stereocenters. The van der Waals surface area contributed by atoms with E-state index in [0.717, 1.165) is 5.56 Å². The van der Waals surface area contributed by atoms with Crippen molar-refractivity contribution in [1.82, 2.24) is 0 Å². The molecule has 0 saturated carbocycles. The summed E-state index contributed by atoms with van der Waals surface area (Å²) in [7, 11) is 3.13. The zero-order valence-electron chi connectivity index (χ0n) is 11.7. The zero-order chi connectivity index (χ0) is 15.4. The molecule has 0 aliphatic heterocycles. The maximum Gasteiger partial charge on any atom is 0.134 e. The van der Waals surface area contributed by atoms with E-state index in [1.165, 1.54) is 6.07 Å². The Bertz CT molecular complexity index is 685. The van der Waals surface area contributed by atoms with Crippen LogP contribution in [0.4, 0.5) is 0 Å². The largest absolute Gasteiger partial charge is 0.506 e. The first-order valence-electron chi connectivity index (χ1n) is 6.22. The van der Waals surface area contributed by atoms with Crippen LogP contribution in [0.5, 0.6) is 17.2 Å². The summed E-state index contributed by atoms with van der Waals surface area (Å²) in [6, 6.07) is 10.5. The Hall–Kier alpha value is -2.38. The molecule has 0 aliphatic carbocycles. The van der Waals surface area contributed by atoms with Crippen molar-refractivity contribution in [3.8, 4) is 23.3 Å². The smallest absolute Gasteiger partial charge is 0.134 e. The number of ether oxygens (including phenoxy) is 2. The van der Waals surface area contributed by atoms with Crippen LogP contribution in [0.2, 0.25) is 5.02 Å². The molecule has 2 aromatic carbocycles. The summed E-state index contributed by atoms with van der Waals surface area (Å²) in [6.07, 6.45) is 0.323. The molecule has 0 aromatic heterocycles. The normalized spacial score (nSPS) is 10.0. The molecule has 4 nitrogen and oxygen atoms in total. The molecule has 0 amide bonds. The van der Waals surface area contributed by atoms with E-state index < -0.39 is 0 Å². The van der Waals surface area contributed by atoms with Crippen molar-refractivity contribution in [3.05, 3.63) is 52.0 Å². The van der Waals surface area contributed by atoms with Crippen LogP contribution >= 0.6 is 11.6 Å². The summed E-state index contributed by atoms with van der Waals surface area (Å²) in [5, 5.41) is 19.1. The molecule has 2 aromatic rings. The van der Waals surface area contributed by atoms with Gasteiger partial charge in [-0.05, 0) is 29.8 Å². The summed E-state index contributed by atoms with van der Waals surface area (Å²) in [5.41, 5.74) is 1.72. The Kier molecular flexibility index (Phi) is 4.56. The maximum absolute atomic E-state index is 9.75. The van der Waals surface area contributed by atoms with Crippen LogP contribution in [0.15, 0.2) is 30.3 Å². The van der Waals surface area contributed by atoms with Crippen LogP contribution in [0.1, 0.15) is 16.7 Å². The number of hydrogen-bond donors (Lipinski definition) is 1. The van der Waals surface area contributed by atoms with Gasteiger partial charge in [-0.15, -0.1) is 0 Å². The number of rotatable bonds is 4. The lowest BCUT2D eigenvalue weighted by Gasteiger charge is -2.15. The number of halogens is 1. The lowest BCUT2D eigenvalue weighted by Crippen LogP contribution is -2.00. The summed E-state index contributed by atoms with van der Waals surface area (Å²) in [6.45, 7) is 0. The molecule has 0 aliphatic rings. The molecular weight excluding hydrogens is 290 g/mol. The fraction of sp³-hybridized carbons (Fsp3) is 0.188. The first kappa shape index (κ1) is 15.0. The fourth-order valence-electron chi connectivity index (χ4n) is 2.17. The van der Waals surface area contributed by atoms with Gasteiger partial charge in [-0.1, -0.05) is 17.7 Å². The first-order chi connectivity index (χ1) is 10.1. The molecule has 21 heavy (non-hydrogen) atoms. The Morgan fingerprint density at radius 3 is 2.24 bits per heavy atom. The van der Waals surface area contributed by atoms with Crippen LogP contribution < -0.4 is 9.47 Å². The van der Waals surface area contributed by atoms with Gasteiger partial charge in [0.1, 0.15) is 17.2 Å². The second-order valence-corrected chi connectivity index (χ2v) is 4.73. The Balaban J connectivity index is 2.58. The van der Waals surface area contributed by atoms with Crippen LogP contribution in [0.25, 0.3) is 0 Å². The average molecular weight is 304 g/mol. The minimum Gasteiger partial charge on any atom is -0.506 e. The van der Waals surface area contributed by atoms with Crippen molar-refractivity contribution >= 4 is 11.6 Å². The fourth-order valence-corrected chi connectivity index (χ4v) is 2.40. The Morgan fingerprint density at radius 2 is 1.71 bits per heavy atom. The van der Waals surface area contributed by atoms with E-state index in [9.17, 15) is 10.4 Å². The number of aromatic hydroxyl groups is 1. The highest BCUT2D eigenvalue weighted by Crippen LogP contribution is 2.36. The van der Waals surface area contributed by atoms with Crippen molar-refractivity contribution in [2.45, 2.75) is 6.42 Å². The van der Waals surface area contributed by atoms with Crippen LogP contribution in [-0.2, 0) is 6.42 Å². The van der Waals surface area contributed by atoms with Crippen LogP contribution in [0.3, 0.4) is 0 Å². The Labute approximate surface area is 128 Å². The summed E-state index contributed by atoms with van der Waals surface area (Å²) in [4.78, 5) is 0. The SMILES string of the molecule is COc1cccc(OC)c1Cc1c(C#N)ccc(O)c1Cl. The summed E-state index contributed by atoms with van der Waals surface area (Å²) in [5.74, 6) is 1.22. The highest BCUT2D eigenvalue weighted by Gasteiger charge is 2.17. The number of benzene rings is 2. The number of phenolic OH excluding ortho intramolecular Hbond substituents is 1. The topological polar surface area (TPSA) is 62.5 Å². The monoisotopic (exact) mass is 303 g/mol. The van der Waals surface area contributed by atoms with Gasteiger partial charge in [0.15, 0.2) is 0 Å². The molecule has 0 radical (unpaired) electrons. The van der Waals surface area contributed by atoms with Gasteiger partial charge in [0, 0.05) is 12.0 Å². The van der Waals surface area contributed by atoms with Crippen molar-refractivity contribution < 1.29 is 14.6 Å². The number of hydrogen-bond acceptors (Lipinski definition) is 4. The van der Waals surface area contributed by atoms with Gasteiger partial charge in [0.2, 0.25) is 0 Å². The van der Waals surface area contributed by atoms with E-state index >= 15 is 0 Å². The van der Waals surface area contributed by atoms with Gasteiger partial charge in [0.05, 0.1) is 30.9 Å². The third-order valence-electron chi connectivity index (χ3n) is 3.23. The maximum atomic E-state index is 9.75. The minimum atomic E-state index is -0.0560. The molecular formula is C16H14ClNO3. The van der Waals surface area contributed by atoms with Gasteiger partial charge in [-0.2, -0.15) is 5.26 Å². The Morgan fingerprint density at radius 1 is 1.10 bits per heavy atom. The third kappa shape index (κ3) is 2.88. The van der Waals surface area contributed by atoms with Gasteiger partial charge >= 0.3 is 0 Å². The molecule has 0 heterocycles. The van der Waals surface area contributed by atoms with E-state index in [1.807, 2.05) is 6.07 Å². The minimum absolute atomic E-state index is 0.0560. The van der Waals surface area contributed by atoms with E-state index in [1.54, 1.807) is 32.4 Å². The summed E-state index contributed by atoms with van der Waals surface area (Å²) < 4.78 is 10.7. The number of nitriles is 1. The molecule has 2 rings (SSSR count). The van der Waals surface area contributed by atoms with Crippen LogP contribution in [0, 0.1) is 11.3 Å². The predicted octanol–water partition coefficient (Wildman–Crippen LogP) is 3.53. The molecule has 0 atom stereocenters. The molecule has 0 fully saturated rings. The molecule has 5 heteroatoms. The van der Waals surface area contributed by atoms with E-state index in [4.69, 9.17) is 21.1 Å². The first-order valence-corrected chi connectivity index (χ1v) is 6.60. The van der Waals surface area contributed by atoms with Gasteiger partial charge in [0.25, 0.3) is 0 Å². The molecule has 0 spiro atoms. The highest BCUT2D eigenvalue weighted by atomic mass is 35.5. The molecule has 0 saturated heterocycles. The van der Waals surface area contributed by atoms with E-state index in [0.29, 0.717) is 29.0 Å². The van der Waals surface area contributed by atoms with Crippen molar-refractivity contribution in [2.24, 2.45) is 0 Å².